The topological polar surface area (TPSA) is 97.6 Å². The monoisotopic (exact) mass is 410 g/mol. The van der Waals surface area contributed by atoms with Crippen molar-refractivity contribution in [2.24, 2.45) is 0 Å². The number of aromatic nitrogens is 1. The standard InChI is InChI=1S/C21H18N2O5S/c24-21(22-25)8-1-15-9-11-23(14-15)29(26,27)19-5-2-16(3-6-19)17-4-7-20-18(13-17)10-12-28-20/h1-9,11,13-14,25H,10,12H2,(H,22,24). The summed E-state index contributed by atoms with van der Waals surface area (Å²) in [5.41, 5.74) is 5.07. The lowest BCUT2D eigenvalue weighted by Crippen LogP contribution is -2.14. The van der Waals surface area contributed by atoms with E-state index in [0.717, 1.165) is 38.9 Å². The number of amides is 1. The zero-order valence-electron chi connectivity index (χ0n) is 15.3. The summed E-state index contributed by atoms with van der Waals surface area (Å²) >= 11 is 0. The van der Waals surface area contributed by atoms with E-state index in [0.29, 0.717) is 12.2 Å². The highest BCUT2D eigenvalue weighted by molar-refractivity contribution is 7.90. The molecule has 29 heavy (non-hydrogen) atoms. The molecule has 0 saturated heterocycles. The number of nitrogens with zero attached hydrogens (tertiary/aromatic N) is 1. The molecule has 1 amide bonds. The Kier molecular flexibility index (Phi) is 4.96. The lowest BCUT2D eigenvalue weighted by atomic mass is 10.0. The lowest BCUT2D eigenvalue weighted by molar-refractivity contribution is -0.124. The van der Waals surface area contributed by atoms with Gasteiger partial charge in [0.15, 0.2) is 0 Å². The Morgan fingerprint density at radius 1 is 1.10 bits per heavy atom. The van der Waals surface area contributed by atoms with Crippen LogP contribution in [0.4, 0.5) is 0 Å². The van der Waals surface area contributed by atoms with Gasteiger partial charge in [0.05, 0.1) is 11.5 Å². The molecule has 2 heterocycles. The van der Waals surface area contributed by atoms with E-state index in [1.807, 2.05) is 12.1 Å². The summed E-state index contributed by atoms with van der Waals surface area (Å²) in [5.74, 6) is 0.205. The van der Waals surface area contributed by atoms with Gasteiger partial charge in [0, 0.05) is 24.9 Å². The van der Waals surface area contributed by atoms with E-state index in [4.69, 9.17) is 9.94 Å². The van der Waals surface area contributed by atoms with Crippen molar-refractivity contribution >= 4 is 22.0 Å². The fourth-order valence-corrected chi connectivity index (χ4v) is 4.36. The number of rotatable bonds is 5. The van der Waals surface area contributed by atoms with E-state index < -0.39 is 15.9 Å². The third kappa shape index (κ3) is 3.80. The molecule has 0 atom stereocenters. The molecule has 8 heteroatoms. The van der Waals surface area contributed by atoms with Gasteiger partial charge in [0.1, 0.15) is 5.75 Å². The second-order valence-electron chi connectivity index (χ2n) is 6.53. The molecule has 4 rings (SSSR count). The number of hydrogen-bond acceptors (Lipinski definition) is 5. The number of benzene rings is 2. The lowest BCUT2D eigenvalue weighted by Gasteiger charge is -2.08. The first-order valence-corrected chi connectivity index (χ1v) is 10.3. The summed E-state index contributed by atoms with van der Waals surface area (Å²) in [4.78, 5) is 11.2. The van der Waals surface area contributed by atoms with E-state index in [2.05, 4.69) is 6.07 Å². The number of carbonyl (C=O) groups excluding carboxylic acids is 1. The highest BCUT2D eigenvalue weighted by Gasteiger charge is 2.17. The SMILES string of the molecule is O=C(C=Cc1ccn(S(=O)(=O)c2ccc(-c3ccc4c(c3)CCO4)cc2)c1)NO. The molecule has 2 N–H and O–H groups in total. The van der Waals surface area contributed by atoms with Gasteiger partial charge < -0.3 is 4.74 Å². The molecular formula is C21H18N2O5S. The Labute approximate surface area is 167 Å². The molecule has 2 aromatic carbocycles. The molecule has 3 aromatic rings. The first-order valence-electron chi connectivity index (χ1n) is 8.89. The molecule has 0 aliphatic carbocycles. The number of carbonyl (C=O) groups is 1. The molecule has 1 aromatic heterocycles. The number of fused-ring (bicyclic) bond motifs is 1. The van der Waals surface area contributed by atoms with Crippen LogP contribution in [0, 0.1) is 0 Å². The van der Waals surface area contributed by atoms with Gasteiger partial charge in [0.25, 0.3) is 15.9 Å². The fourth-order valence-electron chi connectivity index (χ4n) is 3.16. The Bertz CT molecular complexity index is 1190. The van der Waals surface area contributed by atoms with Crippen molar-refractivity contribution in [1.29, 1.82) is 0 Å². The highest BCUT2D eigenvalue weighted by Crippen LogP contribution is 2.31. The Balaban J connectivity index is 1.57. The molecule has 1 aliphatic heterocycles. The molecule has 0 unspecified atom stereocenters. The average Bonchev–Trinajstić information content (AvgIpc) is 3.41. The van der Waals surface area contributed by atoms with E-state index in [1.165, 1.54) is 23.9 Å². The van der Waals surface area contributed by atoms with Crippen LogP contribution < -0.4 is 10.2 Å². The minimum atomic E-state index is -3.76. The van der Waals surface area contributed by atoms with Gasteiger partial charge in [-0.2, -0.15) is 0 Å². The van der Waals surface area contributed by atoms with Gasteiger partial charge in [-0.1, -0.05) is 18.2 Å². The zero-order chi connectivity index (χ0) is 20.4. The van der Waals surface area contributed by atoms with E-state index in [-0.39, 0.29) is 4.90 Å². The number of hydroxylamine groups is 1. The van der Waals surface area contributed by atoms with Gasteiger partial charge in [-0.15, -0.1) is 0 Å². The maximum Gasteiger partial charge on any atom is 0.267 e. The zero-order valence-corrected chi connectivity index (χ0v) is 16.1. The predicted octanol–water partition coefficient (Wildman–Crippen LogP) is 2.85. The minimum absolute atomic E-state index is 0.157. The molecule has 0 bridgehead atoms. The molecule has 0 saturated carbocycles. The van der Waals surface area contributed by atoms with E-state index in [1.54, 1.807) is 30.3 Å². The quantitative estimate of drug-likeness (QED) is 0.383. The van der Waals surface area contributed by atoms with Crippen molar-refractivity contribution in [3.63, 3.8) is 0 Å². The van der Waals surface area contributed by atoms with Crippen LogP contribution in [0.2, 0.25) is 0 Å². The van der Waals surface area contributed by atoms with Crippen LogP contribution >= 0.6 is 0 Å². The summed E-state index contributed by atoms with van der Waals surface area (Å²) in [5, 5.41) is 8.49. The van der Waals surface area contributed by atoms with E-state index in [9.17, 15) is 13.2 Å². The molecule has 1 aliphatic rings. The second kappa shape index (κ2) is 7.57. The second-order valence-corrected chi connectivity index (χ2v) is 8.38. The molecule has 0 fully saturated rings. The third-order valence-electron chi connectivity index (χ3n) is 4.68. The summed E-state index contributed by atoms with van der Waals surface area (Å²) in [6.45, 7) is 0.689. The van der Waals surface area contributed by atoms with Crippen molar-refractivity contribution < 1.29 is 23.2 Å². The number of hydrogen-bond donors (Lipinski definition) is 2. The Hall–Kier alpha value is -3.36. The van der Waals surface area contributed by atoms with Crippen LogP contribution in [0.1, 0.15) is 11.1 Å². The highest BCUT2D eigenvalue weighted by atomic mass is 32.2. The molecule has 7 nitrogen and oxygen atoms in total. The van der Waals surface area contributed by atoms with Crippen LogP contribution in [0.15, 0.2) is 71.9 Å². The van der Waals surface area contributed by atoms with Crippen LogP contribution in [0.5, 0.6) is 5.75 Å². The van der Waals surface area contributed by atoms with Gasteiger partial charge in [0.2, 0.25) is 0 Å². The number of ether oxygens (including phenoxy) is 1. The summed E-state index contributed by atoms with van der Waals surface area (Å²) in [6.07, 6.45) is 6.17. The number of nitrogens with one attached hydrogen (secondary N) is 1. The Morgan fingerprint density at radius 2 is 1.86 bits per heavy atom. The first kappa shape index (κ1) is 19.0. The van der Waals surface area contributed by atoms with Gasteiger partial charge >= 0.3 is 0 Å². The van der Waals surface area contributed by atoms with E-state index >= 15 is 0 Å². The molecular weight excluding hydrogens is 392 g/mol. The molecule has 148 valence electrons. The smallest absolute Gasteiger partial charge is 0.267 e. The van der Waals surface area contributed by atoms with Gasteiger partial charge in [-0.3, -0.25) is 10.0 Å². The van der Waals surface area contributed by atoms with Gasteiger partial charge in [-0.05, 0) is 58.7 Å². The van der Waals surface area contributed by atoms with Crippen LogP contribution in [0.3, 0.4) is 0 Å². The van der Waals surface area contributed by atoms with Crippen molar-refractivity contribution in [2.75, 3.05) is 6.61 Å². The third-order valence-corrected chi connectivity index (χ3v) is 6.33. The van der Waals surface area contributed by atoms with Gasteiger partial charge in [-0.25, -0.2) is 17.9 Å². The van der Waals surface area contributed by atoms with Crippen molar-refractivity contribution in [1.82, 2.24) is 9.45 Å². The first-order chi connectivity index (χ1) is 14.0. The summed E-state index contributed by atoms with van der Waals surface area (Å²) in [6, 6.07) is 14.2. The normalized spacial score (nSPS) is 13.3. The summed E-state index contributed by atoms with van der Waals surface area (Å²) < 4.78 is 32.3. The maximum atomic E-state index is 12.8. The fraction of sp³-hybridized carbons (Fsp3) is 0.0952. The minimum Gasteiger partial charge on any atom is -0.493 e. The van der Waals surface area contributed by atoms with Crippen LogP contribution in [-0.4, -0.2) is 30.1 Å². The molecule has 0 spiro atoms. The van der Waals surface area contributed by atoms with Crippen LogP contribution in [-0.2, 0) is 21.2 Å². The summed E-state index contributed by atoms with van der Waals surface area (Å²) in [7, 11) is -3.76. The van der Waals surface area contributed by atoms with Crippen LogP contribution in [0.25, 0.3) is 17.2 Å². The largest absolute Gasteiger partial charge is 0.493 e. The van der Waals surface area contributed by atoms with Crippen molar-refractivity contribution in [2.45, 2.75) is 11.3 Å². The maximum absolute atomic E-state index is 12.8. The molecule has 0 radical (unpaired) electrons. The Morgan fingerprint density at radius 3 is 2.62 bits per heavy atom. The van der Waals surface area contributed by atoms with Crippen molar-refractivity contribution in [3.05, 3.63) is 78.1 Å². The predicted molar refractivity (Wildman–Crippen MR) is 107 cm³/mol. The average molecular weight is 410 g/mol. The van der Waals surface area contributed by atoms with Crippen molar-refractivity contribution in [3.8, 4) is 16.9 Å².